The second-order valence-corrected chi connectivity index (χ2v) is 8.64. The number of amides is 1. The molecular weight excluding hydrogens is 370 g/mol. The Labute approximate surface area is 157 Å². The van der Waals surface area contributed by atoms with Crippen LogP contribution in [0, 0.1) is 20.8 Å². The highest BCUT2D eigenvalue weighted by Crippen LogP contribution is 2.30. The standard InChI is InChI=1S/C18H19N3O3S2/c1-11-7-8-15-14(9-11)19-18(21-26(15,23)24)25-10-16(22)20-17-12(2)5-4-6-13(17)3/h4-9H,10H2,1-3H3,(H,19,21)(H,20,22). The molecule has 0 aromatic heterocycles. The smallest absolute Gasteiger partial charge is 0.286 e. The lowest BCUT2D eigenvalue weighted by molar-refractivity contribution is -0.113. The summed E-state index contributed by atoms with van der Waals surface area (Å²) in [7, 11) is -3.76. The van der Waals surface area contributed by atoms with Crippen LogP contribution >= 0.6 is 11.8 Å². The quantitative estimate of drug-likeness (QED) is 0.839. The number of thioether (sulfide) groups is 1. The molecule has 0 bridgehead atoms. The van der Waals surface area contributed by atoms with Gasteiger partial charge in [0.2, 0.25) is 5.91 Å². The van der Waals surface area contributed by atoms with Gasteiger partial charge in [-0.1, -0.05) is 36.0 Å². The van der Waals surface area contributed by atoms with Crippen molar-refractivity contribution in [1.29, 1.82) is 0 Å². The molecule has 8 heteroatoms. The van der Waals surface area contributed by atoms with Crippen LogP contribution in [0.4, 0.5) is 11.4 Å². The third kappa shape index (κ3) is 3.91. The molecule has 0 atom stereocenters. The van der Waals surface area contributed by atoms with Gasteiger partial charge in [0.25, 0.3) is 10.0 Å². The van der Waals surface area contributed by atoms with Gasteiger partial charge in [-0.3, -0.25) is 4.79 Å². The number of nitrogens with one attached hydrogen (secondary N) is 2. The molecule has 2 aromatic rings. The van der Waals surface area contributed by atoms with Crippen LogP contribution < -0.4 is 10.6 Å². The van der Waals surface area contributed by atoms with Crippen LogP contribution in [-0.2, 0) is 14.8 Å². The van der Waals surface area contributed by atoms with Crippen LogP contribution in [0.15, 0.2) is 45.7 Å². The molecule has 0 unspecified atom stereocenters. The van der Waals surface area contributed by atoms with E-state index in [1.54, 1.807) is 12.1 Å². The van der Waals surface area contributed by atoms with E-state index in [4.69, 9.17) is 0 Å². The Bertz CT molecular complexity index is 994. The van der Waals surface area contributed by atoms with Crippen molar-refractivity contribution in [1.82, 2.24) is 0 Å². The number of carbonyl (C=O) groups is 1. The van der Waals surface area contributed by atoms with E-state index in [1.807, 2.05) is 39.0 Å². The molecule has 136 valence electrons. The van der Waals surface area contributed by atoms with E-state index in [2.05, 4.69) is 15.0 Å². The molecule has 0 spiro atoms. The van der Waals surface area contributed by atoms with Crippen LogP contribution in [0.25, 0.3) is 0 Å². The molecule has 1 heterocycles. The second kappa shape index (κ2) is 7.13. The summed E-state index contributed by atoms with van der Waals surface area (Å²) in [5.41, 5.74) is 4.15. The molecule has 0 aliphatic carbocycles. The summed E-state index contributed by atoms with van der Waals surface area (Å²) in [5, 5.41) is 6.06. The highest BCUT2D eigenvalue weighted by Gasteiger charge is 2.25. The fourth-order valence-corrected chi connectivity index (χ4v) is 4.66. The summed E-state index contributed by atoms with van der Waals surface area (Å²) in [6.45, 7) is 5.73. The molecule has 2 N–H and O–H groups in total. The highest BCUT2D eigenvalue weighted by atomic mass is 32.2. The highest BCUT2D eigenvalue weighted by molar-refractivity contribution is 8.15. The van der Waals surface area contributed by atoms with E-state index in [-0.39, 0.29) is 21.7 Å². The number of amidine groups is 1. The SMILES string of the molecule is Cc1ccc2c(c1)NC(SCC(=O)Nc1c(C)cccc1C)=NS2(=O)=O. The van der Waals surface area contributed by atoms with Gasteiger partial charge in [0, 0.05) is 5.69 Å². The maximum atomic E-state index is 12.3. The molecule has 0 saturated heterocycles. The average molecular weight is 390 g/mol. The predicted octanol–water partition coefficient (Wildman–Crippen LogP) is 3.45. The average Bonchev–Trinajstić information content (AvgIpc) is 2.55. The second-order valence-electron chi connectivity index (χ2n) is 6.10. The Morgan fingerprint density at radius 2 is 1.85 bits per heavy atom. The van der Waals surface area contributed by atoms with Crippen molar-refractivity contribution in [2.45, 2.75) is 25.7 Å². The van der Waals surface area contributed by atoms with Gasteiger partial charge in [0.05, 0.1) is 11.4 Å². The van der Waals surface area contributed by atoms with Crippen molar-refractivity contribution in [3.63, 3.8) is 0 Å². The molecule has 1 aliphatic rings. The van der Waals surface area contributed by atoms with E-state index in [0.29, 0.717) is 5.69 Å². The first-order valence-electron chi connectivity index (χ1n) is 7.98. The number of aryl methyl sites for hydroxylation is 3. The monoisotopic (exact) mass is 389 g/mol. The number of hydrogen-bond donors (Lipinski definition) is 2. The third-order valence-corrected chi connectivity index (χ3v) is 6.27. The fraction of sp³-hybridized carbons (Fsp3) is 0.222. The maximum absolute atomic E-state index is 12.3. The summed E-state index contributed by atoms with van der Waals surface area (Å²) in [5.74, 6) is -0.166. The fourth-order valence-electron chi connectivity index (χ4n) is 2.65. The first-order valence-corrected chi connectivity index (χ1v) is 10.4. The minimum atomic E-state index is -3.76. The van der Waals surface area contributed by atoms with Crippen LogP contribution in [0.2, 0.25) is 0 Å². The van der Waals surface area contributed by atoms with Crippen LogP contribution in [0.3, 0.4) is 0 Å². The van der Waals surface area contributed by atoms with E-state index >= 15 is 0 Å². The number of carbonyl (C=O) groups excluding carboxylic acids is 1. The van der Waals surface area contributed by atoms with Gasteiger partial charge in [-0.2, -0.15) is 8.42 Å². The van der Waals surface area contributed by atoms with Crippen LogP contribution in [-0.4, -0.2) is 25.2 Å². The predicted molar refractivity (Wildman–Crippen MR) is 106 cm³/mol. The number of fused-ring (bicyclic) bond motifs is 1. The van der Waals surface area contributed by atoms with Gasteiger partial charge < -0.3 is 10.6 Å². The molecule has 0 fully saturated rings. The number of hydrogen-bond acceptors (Lipinski definition) is 5. The number of para-hydroxylation sites is 1. The Morgan fingerprint density at radius 1 is 1.15 bits per heavy atom. The number of rotatable bonds is 3. The van der Waals surface area contributed by atoms with Gasteiger partial charge in [0.1, 0.15) is 4.90 Å². The van der Waals surface area contributed by atoms with E-state index in [1.165, 1.54) is 6.07 Å². The normalized spacial score (nSPS) is 14.8. The van der Waals surface area contributed by atoms with E-state index in [9.17, 15) is 13.2 Å². The number of nitrogens with zero attached hydrogens (tertiary/aromatic N) is 1. The van der Waals surface area contributed by atoms with Gasteiger partial charge in [0.15, 0.2) is 5.17 Å². The lowest BCUT2D eigenvalue weighted by Crippen LogP contribution is -2.22. The Balaban J connectivity index is 1.70. The molecule has 2 aromatic carbocycles. The van der Waals surface area contributed by atoms with Gasteiger partial charge >= 0.3 is 0 Å². The maximum Gasteiger partial charge on any atom is 0.286 e. The molecule has 0 saturated carbocycles. The van der Waals surface area contributed by atoms with E-state index in [0.717, 1.165) is 34.1 Å². The molecule has 0 radical (unpaired) electrons. The van der Waals surface area contributed by atoms with Gasteiger partial charge in [-0.15, -0.1) is 4.40 Å². The zero-order valence-corrected chi connectivity index (χ0v) is 16.3. The Kier molecular flexibility index (Phi) is 5.06. The van der Waals surface area contributed by atoms with E-state index < -0.39 is 10.0 Å². The van der Waals surface area contributed by atoms with Crippen molar-refractivity contribution in [3.8, 4) is 0 Å². The molecule has 1 aliphatic heterocycles. The molecule has 26 heavy (non-hydrogen) atoms. The lowest BCUT2D eigenvalue weighted by atomic mass is 10.1. The summed E-state index contributed by atoms with van der Waals surface area (Å²) in [6, 6.07) is 10.8. The lowest BCUT2D eigenvalue weighted by Gasteiger charge is -2.18. The van der Waals surface area contributed by atoms with Gasteiger partial charge in [-0.05, 0) is 49.6 Å². The topological polar surface area (TPSA) is 87.6 Å². The van der Waals surface area contributed by atoms with Crippen molar-refractivity contribution in [3.05, 3.63) is 53.1 Å². The van der Waals surface area contributed by atoms with Gasteiger partial charge in [-0.25, -0.2) is 0 Å². The zero-order valence-electron chi connectivity index (χ0n) is 14.7. The Morgan fingerprint density at radius 3 is 2.54 bits per heavy atom. The minimum Gasteiger partial charge on any atom is -0.333 e. The number of sulfonamides is 1. The minimum absolute atomic E-state index is 0.0519. The van der Waals surface area contributed by atoms with Crippen molar-refractivity contribution in [2.75, 3.05) is 16.4 Å². The summed E-state index contributed by atoms with van der Waals surface area (Å²) in [4.78, 5) is 12.4. The van der Waals surface area contributed by atoms with Crippen molar-refractivity contribution >= 4 is 44.2 Å². The first-order chi connectivity index (χ1) is 12.3. The number of benzene rings is 2. The van der Waals surface area contributed by atoms with Crippen LogP contribution in [0.1, 0.15) is 16.7 Å². The largest absolute Gasteiger partial charge is 0.333 e. The third-order valence-electron chi connectivity index (χ3n) is 3.94. The molecule has 6 nitrogen and oxygen atoms in total. The number of anilines is 2. The zero-order chi connectivity index (χ0) is 18.9. The summed E-state index contributed by atoms with van der Waals surface area (Å²) in [6.07, 6.45) is 0. The summed E-state index contributed by atoms with van der Waals surface area (Å²) >= 11 is 1.06. The van der Waals surface area contributed by atoms with Crippen molar-refractivity contribution < 1.29 is 13.2 Å². The van der Waals surface area contributed by atoms with Crippen LogP contribution in [0.5, 0.6) is 0 Å². The molecule has 1 amide bonds. The Hall–Kier alpha value is -2.32. The molecular formula is C18H19N3O3S2. The van der Waals surface area contributed by atoms with Crippen molar-refractivity contribution in [2.24, 2.45) is 4.40 Å². The molecule has 3 rings (SSSR count). The first kappa shape index (κ1) is 18.5. The summed E-state index contributed by atoms with van der Waals surface area (Å²) < 4.78 is 28.3.